The molecule has 8 nitrogen and oxygen atoms in total. The van der Waals surface area contributed by atoms with Crippen LogP contribution in [0.25, 0.3) is 0 Å². The first kappa shape index (κ1) is 24.7. The normalized spacial score (nSPS) is 24.1. The molecule has 0 spiro atoms. The molecule has 3 aliphatic heterocycles. The summed E-state index contributed by atoms with van der Waals surface area (Å²) >= 11 is 0. The van der Waals surface area contributed by atoms with Gasteiger partial charge in [-0.25, -0.2) is 0 Å². The van der Waals surface area contributed by atoms with Gasteiger partial charge in [0.15, 0.2) is 5.78 Å². The first-order valence-electron chi connectivity index (χ1n) is 12.6. The summed E-state index contributed by atoms with van der Waals surface area (Å²) in [4.78, 5) is 45.1. The lowest BCUT2D eigenvalue weighted by molar-refractivity contribution is -0.138. The van der Waals surface area contributed by atoms with Crippen molar-refractivity contribution in [2.45, 2.75) is 64.8 Å². The van der Waals surface area contributed by atoms with Crippen molar-refractivity contribution in [2.75, 3.05) is 44.2 Å². The van der Waals surface area contributed by atoms with Crippen LogP contribution in [0.4, 0.5) is 5.69 Å². The number of likely N-dealkylation sites (tertiary alicyclic amines) is 1. The van der Waals surface area contributed by atoms with Gasteiger partial charge in [-0.15, -0.1) is 0 Å². The van der Waals surface area contributed by atoms with Crippen molar-refractivity contribution in [1.82, 2.24) is 15.1 Å². The molecule has 0 aromatic heterocycles. The van der Waals surface area contributed by atoms with Crippen molar-refractivity contribution >= 4 is 23.3 Å². The van der Waals surface area contributed by atoms with E-state index in [0.717, 1.165) is 31.9 Å². The number of carbonyl (C=O) groups is 3. The highest BCUT2D eigenvalue weighted by atomic mass is 16.5. The van der Waals surface area contributed by atoms with Crippen LogP contribution in [0.2, 0.25) is 0 Å². The van der Waals surface area contributed by atoms with E-state index in [1.54, 1.807) is 4.90 Å². The lowest BCUT2D eigenvalue weighted by atomic mass is 10.0. The molecule has 3 atom stereocenters. The second kappa shape index (κ2) is 10.4. The van der Waals surface area contributed by atoms with Crippen molar-refractivity contribution < 1.29 is 19.1 Å². The van der Waals surface area contributed by atoms with E-state index in [2.05, 4.69) is 29.0 Å². The molecule has 3 fully saturated rings. The van der Waals surface area contributed by atoms with Crippen molar-refractivity contribution in [3.8, 4) is 0 Å². The molecule has 2 amide bonds. The second-order valence-electron chi connectivity index (χ2n) is 10.4. The molecule has 1 aromatic rings. The van der Waals surface area contributed by atoms with Gasteiger partial charge in [0.25, 0.3) is 5.91 Å². The second-order valence-corrected chi connectivity index (χ2v) is 10.4. The van der Waals surface area contributed by atoms with Crippen LogP contribution in [0.5, 0.6) is 0 Å². The molecule has 1 aromatic carbocycles. The SMILES string of the molecule is CC(C)CC(NC(=O)c1ccc(N2CCN(C(C)C)CC2)cc1)C(=O)N1CC[C@H]2OCC(=O)[C@H]21. The van der Waals surface area contributed by atoms with Gasteiger partial charge in [0, 0.05) is 50.0 Å². The fraction of sp³-hybridized carbons (Fsp3) is 0.654. The minimum absolute atomic E-state index is 0.0460. The maximum Gasteiger partial charge on any atom is 0.251 e. The summed E-state index contributed by atoms with van der Waals surface area (Å²) in [6.45, 7) is 13.1. The Kier molecular flexibility index (Phi) is 7.57. The van der Waals surface area contributed by atoms with Crippen molar-refractivity contribution in [3.63, 3.8) is 0 Å². The van der Waals surface area contributed by atoms with Gasteiger partial charge in [-0.05, 0) is 56.9 Å². The number of hydrogen-bond acceptors (Lipinski definition) is 6. The number of Topliss-reactive ketones (excluding diaryl/α,β-unsaturated/α-hetero) is 1. The zero-order chi connectivity index (χ0) is 24.4. The monoisotopic (exact) mass is 470 g/mol. The van der Waals surface area contributed by atoms with Gasteiger partial charge >= 0.3 is 0 Å². The van der Waals surface area contributed by atoms with Crippen molar-refractivity contribution in [3.05, 3.63) is 29.8 Å². The number of nitrogens with one attached hydrogen (secondary N) is 1. The van der Waals surface area contributed by atoms with E-state index in [9.17, 15) is 14.4 Å². The first-order valence-corrected chi connectivity index (χ1v) is 12.6. The molecule has 3 saturated heterocycles. The number of amides is 2. The van der Waals surface area contributed by atoms with E-state index < -0.39 is 12.1 Å². The van der Waals surface area contributed by atoms with E-state index >= 15 is 0 Å². The Bertz CT molecular complexity index is 893. The number of piperazine rings is 1. The van der Waals surface area contributed by atoms with E-state index in [4.69, 9.17) is 4.74 Å². The molecule has 186 valence electrons. The zero-order valence-corrected chi connectivity index (χ0v) is 20.8. The molecular weight excluding hydrogens is 432 g/mol. The van der Waals surface area contributed by atoms with Crippen molar-refractivity contribution in [2.24, 2.45) is 5.92 Å². The third-order valence-corrected chi connectivity index (χ3v) is 7.24. The summed E-state index contributed by atoms with van der Waals surface area (Å²) < 4.78 is 5.52. The van der Waals surface area contributed by atoms with Crippen LogP contribution in [0.3, 0.4) is 0 Å². The Hall–Kier alpha value is -2.45. The molecule has 0 saturated carbocycles. The van der Waals surface area contributed by atoms with Gasteiger partial charge in [0.2, 0.25) is 5.91 Å². The van der Waals surface area contributed by atoms with Crippen LogP contribution in [-0.2, 0) is 14.3 Å². The lowest BCUT2D eigenvalue weighted by Gasteiger charge is -2.38. The number of carbonyl (C=O) groups excluding carboxylic acids is 3. The minimum atomic E-state index is -0.663. The highest BCUT2D eigenvalue weighted by Crippen LogP contribution is 2.28. The zero-order valence-electron chi connectivity index (χ0n) is 20.8. The molecule has 8 heteroatoms. The Morgan fingerprint density at radius 2 is 1.71 bits per heavy atom. The summed E-state index contributed by atoms with van der Waals surface area (Å²) in [6.07, 6.45) is 0.977. The molecule has 3 heterocycles. The summed E-state index contributed by atoms with van der Waals surface area (Å²) in [5.41, 5.74) is 1.64. The molecule has 0 bridgehead atoms. The van der Waals surface area contributed by atoms with Gasteiger partial charge in [0.1, 0.15) is 18.7 Å². The summed E-state index contributed by atoms with van der Waals surface area (Å²) in [7, 11) is 0. The number of ketones is 1. The standard InChI is InChI=1S/C26H38N4O4/c1-17(2)15-21(26(33)30-10-9-23-24(30)22(31)16-34-23)27-25(32)19-5-7-20(8-6-19)29-13-11-28(12-14-29)18(3)4/h5-8,17-18,21,23-24H,9-16H2,1-4H3,(H,27,32)/t21?,23-,24-/m1/s1. The van der Waals surface area contributed by atoms with Crippen LogP contribution < -0.4 is 10.2 Å². The smallest absolute Gasteiger partial charge is 0.251 e. The van der Waals surface area contributed by atoms with Gasteiger partial charge in [0.05, 0.1) is 6.10 Å². The number of hydrogen-bond donors (Lipinski definition) is 1. The predicted molar refractivity (Wildman–Crippen MR) is 131 cm³/mol. The Morgan fingerprint density at radius 1 is 1.03 bits per heavy atom. The molecule has 0 radical (unpaired) electrons. The van der Waals surface area contributed by atoms with E-state index in [-0.39, 0.29) is 36.2 Å². The number of anilines is 1. The van der Waals surface area contributed by atoms with Crippen LogP contribution in [0.1, 0.15) is 50.9 Å². The molecule has 4 rings (SSSR count). The molecule has 3 aliphatic rings. The summed E-state index contributed by atoms with van der Waals surface area (Å²) in [6, 6.07) is 7.02. The highest BCUT2D eigenvalue weighted by Gasteiger charge is 2.48. The number of nitrogens with zero attached hydrogens (tertiary/aromatic N) is 3. The fourth-order valence-corrected chi connectivity index (χ4v) is 5.30. The van der Waals surface area contributed by atoms with Gasteiger partial charge < -0.3 is 19.9 Å². The van der Waals surface area contributed by atoms with Crippen LogP contribution in [-0.4, -0.2) is 91.0 Å². The van der Waals surface area contributed by atoms with Crippen LogP contribution in [0, 0.1) is 5.92 Å². The Morgan fingerprint density at radius 3 is 2.32 bits per heavy atom. The summed E-state index contributed by atoms with van der Waals surface area (Å²) in [5.74, 6) is -0.279. The van der Waals surface area contributed by atoms with Gasteiger partial charge in [-0.1, -0.05) is 13.8 Å². The highest BCUT2D eigenvalue weighted by molar-refractivity contribution is 5.99. The number of fused-ring (bicyclic) bond motifs is 1. The number of rotatable bonds is 7. The largest absolute Gasteiger partial charge is 0.369 e. The van der Waals surface area contributed by atoms with Gasteiger partial charge in [-0.3, -0.25) is 19.3 Å². The third-order valence-electron chi connectivity index (χ3n) is 7.24. The van der Waals surface area contributed by atoms with Gasteiger partial charge in [-0.2, -0.15) is 0 Å². The third kappa shape index (κ3) is 5.28. The average Bonchev–Trinajstić information content (AvgIpc) is 3.41. The minimum Gasteiger partial charge on any atom is -0.369 e. The predicted octanol–water partition coefficient (Wildman–Crippen LogP) is 1.93. The Balaban J connectivity index is 1.40. The van der Waals surface area contributed by atoms with E-state index in [1.165, 1.54) is 0 Å². The fourth-order valence-electron chi connectivity index (χ4n) is 5.30. The van der Waals surface area contributed by atoms with Crippen LogP contribution >= 0.6 is 0 Å². The first-order chi connectivity index (χ1) is 16.2. The summed E-state index contributed by atoms with van der Waals surface area (Å²) in [5, 5.41) is 2.95. The number of ether oxygens (including phenoxy) is 1. The van der Waals surface area contributed by atoms with Crippen LogP contribution in [0.15, 0.2) is 24.3 Å². The Labute approximate surface area is 202 Å². The molecule has 0 aliphatic carbocycles. The number of benzene rings is 1. The topological polar surface area (TPSA) is 82.2 Å². The average molecular weight is 471 g/mol. The molecule has 1 unspecified atom stereocenters. The quantitative estimate of drug-likeness (QED) is 0.656. The van der Waals surface area contributed by atoms with Crippen molar-refractivity contribution in [1.29, 1.82) is 0 Å². The molecule has 1 N–H and O–H groups in total. The van der Waals surface area contributed by atoms with E-state index in [0.29, 0.717) is 31.0 Å². The maximum atomic E-state index is 13.4. The van der Waals surface area contributed by atoms with E-state index in [1.807, 2.05) is 38.1 Å². The lowest BCUT2D eigenvalue weighted by Crippen LogP contribution is -2.52. The molecular formula is C26H38N4O4. The maximum absolute atomic E-state index is 13.4. The molecule has 34 heavy (non-hydrogen) atoms.